The lowest BCUT2D eigenvalue weighted by Crippen LogP contribution is -2.47. The minimum Gasteiger partial charge on any atom is -0.361 e. The van der Waals surface area contributed by atoms with Gasteiger partial charge in [0.05, 0.1) is 6.04 Å². The highest BCUT2D eigenvalue weighted by Crippen LogP contribution is 2.46. The van der Waals surface area contributed by atoms with E-state index >= 15 is 0 Å². The lowest BCUT2D eigenvalue weighted by molar-refractivity contribution is -0.173. The summed E-state index contributed by atoms with van der Waals surface area (Å²) >= 11 is 7.74. The Kier molecular flexibility index (Phi) is 5.05. The Morgan fingerprint density at radius 3 is 2.64 bits per heavy atom. The van der Waals surface area contributed by atoms with Crippen LogP contribution in [-0.4, -0.2) is 64.9 Å². The van der Waals surface area contributed by atoms with Gasteiger partial charge in [-0.05, 0) is 18.5 Å². The molecule has 6 nitrogen and oxygen atoms in total. The van der Waals surface area contributed by atoms with Crippen molar-refractivity contribution in [2.75, 3.05) is 38.5 Å². The van der Waals surface area contributed by atoms with Crippen LogP contribution in [0.1, 0.15) is 33.9 Å². The molecule has 0 radical (unpaired) electrons. The van der Waals surface area contributed by atoms with Gasteiger partial charge in [-0.15, -0.1) is 11.3 Å². The largest absolute Gasteiger partial charge is 0.410 e. The first-order chi connectivity index (χ1) is 13.3. The Hall–Kier alpha value is -1.78. The van der Waals surface area contributed by atoms with Crippen molar-refractivity contribution < 1.29 is 18.0 Å². The van der Waals surface area contributed by atoms with Crippen LogP contribution in [0, 0.1) is 0 Å². The van der Waals surface area contributed by atoms with E-state index < -0.39 is 24.2 Å². The summed E-state index contributed by atoms with van der Waals surface area (Å²) in [7, 11) is 1.95. The zero-order valence-electron chi connectivity index (χ0n) is 15.0. The number of amides is 1. The maximum absolute atomic E-state index is 13.7. The molecule has 0 aromatic carbocycles. The van der Waals surface area contributed by atoms with Gasteiger partial charge in [0.2, 0.25) is 0 Å². The lowest BCUT2D eigenvalue weighted by atomic mass is 10.0. The highest BCUT2D eigenvalue weighted by molar-refractivity contribution is 7.10. The summed E-state index contributed by atoms with van der Waals surface area (Å²) in [5.74, 6) is -0.387. The molecule has 1 N–H and O–H groups in total. The van der Waals surface area contributed by atoms with Crippen LogP contribution in [0.5, 0.6) is 0 Å². The molecule has 2 aromatic heterocycles. The second-order valence-electron chi connectivity index (χ2n) is 7.06. The SMILES string of the molecule is CN1CCN(C(=O)c2nn3c(c2Cl)NC(c2cccs2)CC3C(F)(F)F)CC1. The fourth-order valence-electron chi connectivity index (χ4n) is 3.56. The van der Waals surface area contributed by atoms with Crippen LogP contribution in [0.2, 0.25) is 5.02 Å². The molecule has 2 aliphatic rings. The predicted molar refractivity (Wildman–Crippen MR) is 101 cm³/mol. The van der Waals surface area contributed by atoms with Crippen molar-refractivity contribution in [2.24, 2.45) is 0 Å². The number of nitrogens with one attached hydrogen (secondary N) is 1. The van der Waals surface area contributed by atoms with Gasteiger partial charge >= 0.3 is 6.18 Å². The number of thiophene rings is 1. The number of rotatable bonds is 2. The van der Waals surface area contributed by atoms with Gasteiger partial charge in [0.1, 0.15) is 10.8 Å². The number of nitrogens with zero attached hydrogens (tertiary/aromatic N) is 4. The maximum atomic E-state index is 13.7. The van der Waals surface area contributed by atoms with E-state index in [1.54, 1.807) is 17.0 Å². The molecule has 0 aliphatic carbocycles. The van der Waals surface area contributed by atoms with E-state index in [1.807, 2.05) is 12.4 Å². The van der Waals surface area contributed by atoms with Crippen molar-refractivity contribution in [3.8, 4) is 0 Å². The fourth-order valence-corrected chi connectivity index (χ4v) is 4.61. The summed E-state index contributed by atoms with van der Waals surface area (Å²) in [6, 6.07) is 1.19. The van der Waals surface area contributed by atoms with Gasteiger partial charge in [-0.25, -0.2) is 4.68 Å². The van der Waals surface area contributed by atoms with E-state index in [4.69, 9.17) is 11.6 Å². The predicted octanol–water partition coefficient (Wildman–Crippen LogP) is 3.65. The number of aromatic nitrogens is 2. The summed E-state index contributed by atoms with van der Waals surface area (Å²) in [6.07, 6.45) is -4.72. The second kappa shape index (κ2) is 7.23. The third kappa shape index (κ3) is 3.48. The molecule has 1 fully saturated rings. The molecule has 1 saturated heterocycles. The number of likely N-dealkylation sites (N-methyl/N-ethyl adjacent to an activating group) is 1. The fraction of sp³-hybridized carbons (Fsp3) is 0.529. The normalized spacial score (nSPS) is 23.4. The Balaban J connectivity index is 1.69. The third-order valence-corrected chi connectivity index (χ3v) is 6.52. The van der Waals surface area contributed by atoms with Gasteiger partial charge in [-0.1, -0.05) is 17.7 Å². The third-order valence-electron chi connectivity index (χ3n) is 5.18. The maximum Gasteiger partial charge on any atom is 0.410 e. The van der Waals surface area contributed by atoms with Gasteiger partial charge in [-0.3, -0.25) is 4.79 Å². The molecule has 11 heteroatoms. The molecular formula is C17H19ClF3N5OS. The Labute approximate surface area is 168 Å². The second-order valence-corrected chi connectivity index (χ2v) is 8.41. The van der Waals surface area contributed by atoms with Crippen molar-refractivity contribution in [3.05, 3.63) is 33.1 Å². The Bertz CT molecular complexity index is 861. The topological polar surface area (TPSA) is 53.4 Å². The van der Waals surface area contributed by atoms with Gasteiger partial charge in [0, 0.05) is 37.5 Å². The van der Waals surface area contributed by atoms with Crippen molar-refractivity contribution in [1.29, 1.82) is 0 Å². The number of hydrogen-bond acceptors (Lipinski definition) is 5. The highest BCUT2D eigenvalue weighted by Gasteiger charge is 2.48. The molecule has 1 amide bonds. The first-order valence-electron chi connectivity index (χ1n) is 8.88. The first kappa shape index (κ1) is 19.5. The van der Waals surface area contributed by atoms with Crippen molar-refractivity contribution in [2.45, 2.75) is 24.7 Å². The molecule has 28 heavy (non-hydrogen) atoms. The van der Waals surface area contributed by atoms with Crippen LogP contribution in [-0.2, 0) is 0 Å². The first-order valence-corrected chi connectivity index (χ1v) is 10.1. The molecule has 4 heterocycles. The molecule has 2 unspecified atom stereocenters. The molecule has 2 aliphatic heterocycles. The number of piperazine rings is 1. The van der Waals surface area contributed by atoms with Crippen molar-refractivity contribution in [3.63, 3.8) is 0 Å². The van der Waals surface area contributed by atoms with Crippen LogP contribution in [0.15, 0.2) is 17.5 Å². The number of alkyl halides is 3. The number of hydrogen-bond donors (Lipinski definition) is 1. The number of carbonyl (C=O) groups excluding carboxylic acids is 1. The van der Waals surface area contributed by atoms with Gasteiger partial charge in [0.25, 0.3) is 5.91 Å². The summed E-state index contributed by atoms with van der Waals surface area (Å²) < 4.78 is 42.1. The van der Waals surface area contributed by atoms with Crippen molar-refractivity contribution in [1.82, 2.24) is 19.6 Å². The minimum atomic E-state index is -4.50. The van der Waals surface area contributed by atoms with E-state index in [0.29, 0.717) is 26.2 Å². The molecule has 0 bridgehead atoms. The Morgan fingerprint density at radius 1 is 1.32 bits per heavy atom. The lowest BCUT2D eigenvalue weighted by Gasteiger charge is -2.33. The summed E-state index contributed by atoms with van der Waals surface area (Å²) in [4.78, 5) is 17.3. The standard InChI is InChI=1S/C17H19ClF3N5OS/c1-24-4-6-25(7-5-24)16(27)14-13(18)15-22-10(11-3-2-8-28-11)9-12(17(19,20)21)26(15)23-14/h2-3,8,10,12,22H,4-7,9H2,1H3. The molecule has 2 aromatic rings. The average Bonchev–Trinajstić information content (AvgIpc) is 3.29. The molecule has 2 atom stereocenters. The zero-order chi connectivity index (χ0) is 20.1. The number of carbonyl (C=O) groups is 1. The zero-order valence-corrected chi connectivity index (χ0v) is 16.6. The highest BCUT2D eigenvalue weighted by atomic mass is 35.5. The van der Waals surface area contributed by atoms with E-state index in [-0.39, 0.29) is 23.0 Å². The number of halogens is 4. The molecule has 152 valence electrons. The van der Waals surface area contributed by atoms with Crippen LogP contribution >= 0.6 is 22.9 Å². The monoisotopic (exact) mass is 433 g/mol. The van der Waals surface area contributed by atoms with Crippen LogP contribution in [0.25, 0.3) is 0 Å². The van der Waals surface area contributed by atoms with Crippen LogP contribution in [0.4, 0.5) is 19.0 Å². The molecular weight excluding hydrogens is 415 g/mol. The molecule has 4 rings (SSSR count). The summed E-state index contributed by atoms with van der Waals surface area (Å²) in [5.41, 5.74) is -0.130. The van der Waals surface area contributed by atoms with E-state index in [1.165, 1.54) is 11.3 Å². The van der Waals surface area contributed by atoms with E-state index in [0.717, 1.165) is 9.56 Å². The number of anilines is 1. The Morgan fingerprint density at radius 2 is 2.04 bits per heavy atom. The van der Waals surface area contributed by atoms with Gasteiger partial charge in [-0.2, -0.15) is 18.3 Å². The number of fused-ring (bicyclic) bond motifs is 1. The van der Waals surface area contributed by atoms with Gasteiger partial charge in [0.15, 0.2) is 11.7 Å². The smallest absolute Gasteiger partial charge is 0.361 e. The van der Waals surface area contributed by atoms with Crippen LogP contribution < -0.4 is 5.32 Å². The summed E-state index contributed by atoms with van der Waals surface area (Å²) in [5, 5.41) is 8.82. The van der Waals surface area contributed by atoms with E-state index in [9.17, 15) is 18.0 Å². The summed E-state index contributed by atoms with van der Waals surface area (Å²) in [6.45, 7) is 2.37. The average molecular weight is 434 g/mol. The minimum absolute atomic E-state index is 0.0473. The van der Waals surface area contributed by atoms with Gasteiger partial charge < -0.3 is 15.1 Å². The van der Waals surface area contributed by atoms with Crippen molar-refractivity contribution >= 4 is 34.7 Å². The molecule has 0 spiro atoms. The quantitative estimate of drug-likeness (QED) is 0.785. The van der Waals surface area contributed by atoms with E-state index in [2.05, 4.69) is 15.3 Å². The molecule has 0 saturated carbocycles. The van der Waals surface area contributed by atoms with Crippen LogP contribution in [0.3, 0.4) is 0 Å².